The van der Waals surface area contributed by atoms with Gasteiger partial charge in [0.05, 0.1) is 23.0 Å². The Balaban J connectivity index is 2.34. The summed E-state index contributed by atoms with van der Waals surface area (Å²) < 4.78 is 28.7. The molecule has 0 aromatic heterocycles. The number of nitrogens with one attached hydrogen (secondary N) is 1. The van der Waals surface area contributed by atoms with E-state index in [1.807, 2.05) is 43.3 Å². The molecule has 8 nitrogen and oxygen atoms in total. The van der Waals surface area contributed by atoms with Crippen molar-refractivity contribution >= 4 is 21.2 Å². The molecule has 0 heterocycles. The van der Waals surface area contributed by atoms with E-state index in [1.165, 1.54) is 12.1 Å². The number of hydrogen-bond acceptors (Lipinski definition) is 7. The minimum absolute atomic E-state index is 0.0892. The molecule has 2 rings (SSSR count). The molecule has 1 atom stereocenters. The van der Waals surface area contributed by atoms with Gasteiger partial charge in [-0.3, -0.25) is 10.1 Å². The van der Waals surface area contributed by atoms with Crippen molar-refractivity contribution in [1.82, 2.24) is 4.90 Å². The molecule has 27 heavy (non-hydrogen) atoms. The minimum Gasteiger partial charge on any atom is -0.496 e. The lowest BCUT2D eigenvalue weighted by molar-refractivity contribution is -0.384. The Morgan fingerprint density at radius 1 is 1.22 bits per heavy atom. The van der Waals surface area contributed by atoms with Gasteiger partial charge in [0, 0.05) is 24.4 Å². The van der Waals surface area contributed by atoms with Crippen molar-refractivity contribution in [2.24, 2.45) is 0 Å². The van der Waals surface area contributed by atoms with Crippen molar-refractivity contribution in [3.63, 3.8) is 0 Å². The zero-order valence-corrected chi connectivity index (χ0v) is 16.5. The molecule has 0 aliphatic rings. The van der Waals surface area contributed by atoms with Crippen LogP contribution in [0.3, 0.4) is 0 Å². The molecule has 0 aliphatic carbocycles. The van der Waals surface area contributed by atoms with Crippen LogP contribution in [0.5, 0.6) is 5.75 Å². The number of nitro groups is 1. The van der Waals surface area contributed by atoms with Gasteiger partial charge in [0.15, 0.2) is 9.84 Å². The van der Waals surface area contributed by atoms with E-state index < -0.39 is 14.8 Å². The van der Waals surface area contributed by atoms with Crippen LogP contribution in [0.25, 0.3) is 0 Å². The molecule has 0 unspecified atom stereocenters. The van der Waals surface area contributed by atoms with Crippen LogP contribution in [0.4, 0.5) is 11.4 Å². The molecule has 0 spiro atoms. The molecule has 9 heteroatoms. The van der Waals surface area contributed by atoms with Crippen molar-refractivity contribution < 1.29 is 18.1 Å². The molecule has 2 aromatic rings. The fourth-order valence-electron chi connectivity index (χ4n) is 2.76. The molecule has 0 aliphatic heterocycles. The van der Waals surface area contributed by atoms with Crippen LogP contribution >= 0.6 is 0 Å². The predicted molar refractivity (Wildman–Crippen MR) is 104 cm³/mol. The van der Waals surface area contributed by atoms with Crippen LogP contribution in [0.2, 0.25) is 0 Å². The predicted octanol–water partition coefficient (Wildman–Crippen LogP) is 2.72. The monoisotopic (exact) mass is 393 g/mol. The number of likely N-dealkylation sites (N-methyl/N-ethyl adjacent to an activating group) is 1. The van der Waals surface area contributed by atoms with Gasteiger partial charge in [0.2, 0.25) is 0 Å². The van der Waals surface area contributed by atoms with Crippen LogP contribution in [-0.2, 0) is 9.84 Å². The third-order valence-electron chi connectivity index (χ3n) is 4.20. The lowest BCUT2D eigenvalue weighted by atomic mass is 10.0. The summed E-state index contributed by atoms with van der Waals surface area (Å²) in [6.07, 6.45) is 1.02. The maximum absolute atomic E-state index is 11.7. The van der Waals surface area contributed by atoms with Crippen LogP contribution in [0.1, 0.15) is 11.6 Å². The van der Waals surface area contributed by atoms with Crippen molar-refractivity contribution in [2.45, 2.75) is 10.9 Å². The van der Waals surface area contributed by atoms with Crippen LogP contribution in [0.15, 0.2) is 47.4 Å². The van der Waals surface area contributed by atoms with E-state index in [9.17, 15) is 18.5 Å². The number of sulfone groups is 1. The van der Waals surface area contributed by atoms with Gasteiger partial charge >= 0.3 is 0 Å². The molecular formula is C18H23N3O5S. The van der Waals surface area contributed by atoms with E-state index in [0.717, 1.165) is 23.6 Å². The summed E-state index contributed by atoms with van der Waals surface area (Å²) in [6, 6.07) is 11.3. The van der Waals surface area contributed by atoms with Gasteiger partial charge < -0.3 is 15.0 Å². The molecule has 2 aromatic carbocycles. The highest BCUT2D eigenvalue weighted by molar-refractivity contribution is 7.90. The van der Waals surface area contributed by atoms with E-state index in [-0.39, 0.29) is 22.3 Å². The number of rotatable bonds is 8. The Morgan fingerprint density at radius 3 is 2.44 bits per heavy atom. The molecular weight excluding hydrogens is 370 g/mol. The highest BCUT2D eigenvalue weighted by Gasteiger charge is 2.22. The van der Waals surface area contributed by atoms with Gasteiger partial charge in [0.25, 0.3) is 5.69 Å². The van der Waals surface area contributed by atoms with Crippen LogP contribution in [-0.4, -0.2) is 52.2 Å². The smallest absolute Gasteiger partial charge is 0.293 e. The van der Waals surface area contributed by atoms with Crippen LogP contribution < -0.4 is 10.1 Å². The average molecular weight is 393 g/mol. The van der Waals surface area contributed by atoms with Gasteiger partial charge in [-0.1, -0.05) is 18.2 Å². The highest BCUT2D eigenvalue weighted by atomic mass is 32.2. The second-order valence-electron chi connectivity index (χ2n) is 6.31. The molecule has 0 amide bonds. The quantitative estimate of drug-likeness (QED) is 0.543. The second-order valence-corrected chi connectivity index (χ2v) is 8.33. The third kappa shape index (κ3) is 4.95. The fourth-order valence-corrected chi connectivity index (χ4v) is 3.40. The zero-order chi connectivity index (χ0) is 20.2. The normalized spacial score (nSPS) is 12.6. The van der Waals surface area contributed by atoms with Gasteiger partial charge in [-0.2, -0.15) is 0 Å². The lowest BCUT2D eigenvalue weighted by Crippen LogP contribution is -2.27. The molecule has 0 bridgehead atoms. The standard InChI is InChI=1S/C18H23N3O5S/c1-20(2)17(14-7-5-6-8-18(14)26-3)12-19-15-10-9-13(27(4,24)25)11-16(15)21(22)23/h5-11,17,19H,12H2,1-4H3/t17-/m1/s1. The van der Waals surface area contributed by atoms with Crippen molar-refractivity contribution in [3.8, 4) is 5.75 Å². The van der Waals surface area contributed by atoms with Gasteiger partial charge in [0.1, 0.15) is 11.4 Å². The molecule has 0 radical (unpaired) electrons. The average Bonchev–Trinajstić information content (AvgIpc) is 2.61. The molecule has 0 saturated carbocycles. The fraction of sp³-hybridized carbons (Fsp3) is 0.333. The maximum Gasteiger partial charge on any atom is 0.293 e. The summed E-state index contributed by atoms with van der Waals surface area (Å²) in [4.78, 5) is 12.7. The Bertz CT molecular complexity index is 928. The summed E-state index contributed by atoms with van der Waals surface area (Å²) in [5, 5.41) is 14.5. The molecule has 0 fully saturated rings. The molecule has 146 valence electrons. The third-order valence-corrected chi connectivity index (χ3v) is 5.31. The Kier molecular flexibility index (Phi) is 6.40. The van der Waals surface area contributed by atoms with Crippen LogP contribution in [0, 0.1) is 10.1 Å². The topological polar surface area (TPSA) is 102 Å². The minimum atomic E-state index is -3.53. The lowest BCUT2D eigenvalue weighted by Gasteiger charge is -2.27. The van der Waals surface area contributed by atoms with Gasteiger partial charge in [-0.25, -0.2) is 8.42 Å². The number of ether oxygens (including phenoxy) is 1. The summed E-state index contributed by atoms with van der Waals surface area (Å²) in [7, 11) is 1.87. The van der Waals surface area contributed by atoms with Gasteiger partial charge in [-0.05, 0) is 32.3 Å². The van der Waals surface area contributed by atoms with Crippen molar-refractivity contribution in [2.75, 3.05) is 39.3 Å². The maximum atomic E-state index is 11.7. The number of nitrogens with zero attached hydrogens (tertiary/aromatic N) is 2. The SMILES string of the molecule is COc1ccccc1[C@@H](CNc1ccc(S(C)(=O)=O)cc1[N+](=O)[O-])N(C)C. The molecule has 1 N–H and O–H groups in total. The summed E-state index contributed by atoms with van der Waals surface area (Å²) in [5.41, 5.74) is 0.914. The Labute approximate surface area is 158 Å². The Hall–Kier alpha value is -2.65. The number of methoxy groups -OCH3 is 1. The largest absolute Gasteiger partial charge is 0.496 e. The first-order valence-electron chi connectivity index (χ1n) is 8.17. The molecule has 0 saturated heterocycles. The Morgan fingerprint density at radius 2 is 1.89 bits per heavy atom. The van der Waals surface area contributed by atoms with E-state index in [0.29, 0.717) is 6.54 Å². The van der Waals surface area contributed by atoms with Gasteiger partial charge in [-0.15, -0.1) is 0 Å². The summed E-state index contributed by atoms with van der Waals surface area (Å²) >= 11 is 0. The van der Waals surface area contributed by atoms with E-state index >= 15 is 0 Å². The van der Waals surface area contributed by atoms with E-state index in [1.54, 1.807) is 7.11 Å². The number of benzene rings is 2. The van der Waals surface area contributed by atoms with E-state index in [2.05, 4.69) is 5.32 Å². The number of para-hydroxylation sites is 1. The number of hydrogen-bond donors (Lipinski definition) is 1. The summed E-state index contributed by atoms with van der Waals surface area (Å²) in [6.45, 7) is 0.367. The highest BCUT2D eigenvalue weighted by Crippen LogP contribution is 2.31. The first kappa shape index (κ1) is 20.7. The number of anilines is 1. The van der Waals surface area contributed by atoms with Crippen molar-refractivity contribution in [1.29, 1.82) is 0 Å². The first-order valence-corrected chi connectivity index (χ1v) is 10.1. The zero-order valence-electron chi connectivity index (χ0n) is 15.7. The summed E-state index contributed by atoms with van der Waals surface area (Å²) in [5.74, 6) is 0.722. The van der Waals surface area contributed by atoms with Crippen molar-refractivity contribution in [3.05, 3.63) is 58.1 Å². The number of nitro benzene ring substituents is 1. The second kappa shape index (κ2) is 8.36. The first-order chi connectivity index (χ1) is 12.6. The van der Waals surface area contributed by atoms with E-state index in [4.69, 9.17) is 4.74 Å².